The number of benzene rings is 2. The van der Waals surface area contributed by atoms with Crippen molar-refractivity contribution in [2.24, 2.45) is 0 Å². The molecule has 0 aliphatic carbocycles. The first-order valence-corrected chi connectivity index (χ1v) is 9.08. The number of amides is 1. The van der Waals surface area contributed by atoms with E-state index in [1.807, 2.05) is 53.8 Å². The van der Waals surface area contributed by atoms with Gasteiger partial charge in [-0.25, -0.2) is 4.68 Å². The van der Waals surface area contributed by atoms with Gasteiger partial charge < -0.3 is 4.90 Å². The summed E-state index contributed by atoms with van der Waals surface area (Å²) in [6.07, 6.45) is 2.05. The van der Waals surface area contributed by atoms with Crippen molar-refractivity contribution < 1.29 is 4.79 Å². The van der Waals surface area contributed by atoms with Gasteiger partial charge in [0.2, 0.25) is 0 Å². The molecule has 1 amide bonds. The topological polar surface area (TPSA) is 38.1 Å². The maximum atomic E-state index is 13.1. The van der Waals surface area contributed by atoms with Crippen molar-refractivity contribution in [2.75, 3.05) is 11.4 Å². The van der Waals surface area contributed by atoms with Crippen LogP contribution < -0.4 is 4.90 Å². The van der Waals surface area contributed by atoms with E-state index < -0.39 is 0 Å². The highest BCUT2D eigenvalue weighted by Crippen LogP contribution is 2.29. The number of anilines is 1. The molecule has 0 saturated carbocycles. The SMILES string of the molecule is Cc1ccc2c(c1)CCCN2C(=O)c1ccc(-n2nc(C)cc2C)cc1. The molecule has 0 fully saturated rings. The van der Waals surface area contributed by atoms with Gasteiger partial charge >= 0.3 is 0 Å². The van der Waals surface area contributed by atoms with Crippen LogP contribution in [0.3, 0.4) is 0 Å². The van der Waals surface area contributed by atoms with Crippen LogP contribution in [-0.4, -0.2) is 22.2 Å². The van der Waals surface area contributed by atoms with Crippen LogP contribution in [0.5, 0.6) is 0 Å². The fourth-order valence-electron chi connectivity index (χ4n) is 3.73. The molecule has 2 heterocycles. The summed E-state index contributed by atoms with van der Waals surface area (Å²) in [5.74, 6) is 0.0646. The molecule has 0 saturated heterocycles. The van der Waals surface area contributed by atoms with Gasteiger partial charge in [-0.2, -0.15) is 5.10 Å². The standard InChI is InChI=1S/C22H23N3O/c1-15-6-11-21-19(13-15)5-4-12-24(21)22(26)18-7-9-20(10-8-18)25-17(3)14-16(2)23-25/h6-11,13-14H,4-5,12H2,1-3H3. The number of carbonyl (C=O) groups excluding carboxylic acids is 1. The Bertz CT molecular complexity index is 970. The average Bonchev–Trinajstić information content (AvgIpc) is 2.98. The minimum Gasteiger partial charge on any atom is -0.308 e. The maximum Gasteiger partial charge on any atom is 0.258 e. The first-order chi connectivity index (χ1) is 12.5. The van der Waals surface area contributed by atoms with Gasteiger partial charge in [0, 0.05) is 23.5 Å². The van der Waals surface area contributed by atoms with E-state index in [0.717, 1.165) is 42.1 Å². The highest BCUT2D eigenvalue weighted by atomic mass is 16.2. The van der Waals surface area contributed by atoms with Crippen LogP contribution in [0.4, 0.5) is 5.69 Å². The molecule has 3 aromatic rings. The summed E-state index contributed by atoms with van der Waals surface area (Å²) in [4.78, 5) is 15.0. The molecule has 4 nitrogen and oxygen atoms in total. The highest BCUT2D eigenvalue weighted by molar-refractivity contribution is 6.06. The van der Waals surface area contributed by atoms with Crippen molar-refractivity contribution in [2.45, 2.75) is 33.6 Å². The van der Waals surface area contributed by atoms with Crippen molar-refractivity contribution in [1.82, 2.24) is 9.78 Å². The van der Waals surface area contributed by atoms with Crippen LogP contribution in [0.15, 0.2) is 48.5 Å². The van der Waals surface area contributed by atoms with Crippen LogP contribution in [0.1, 0.15) is 39.3 Å². The third kappa shape index (κ3) is 2.92. The summed E-state index contributed by atoms with van der Waals surface area (Å²) < 4.78 is 1.91. The van der Waals surface area contributed by atoms with Gasteiger partial charge in [0.25, 0.3) is 5.91 Å². The summed E-state index contributed by atoms with van der Waals surface area (Å²) in [6, 6.07) is 16.1. The number of fused-ring (bicyclic) bond motifs is 1. The second-order valence-electron chi connectivity index (χ2n) is 7.08. The highest BCUT2D eigenvalue weighted by Gasteiger charge is 2.23. The zero-order valence-corrected chi connectivity index (χ0v) is 15.5. The summed E-state index contributed by atoms with van der Waals surface area (Å²) in [7, 11) is 0. The van der Waals surface area contributed by atoms with Crippen LogP contribution >= 0.6 is 0 Å². The molecule has 0 N–H and O–H groups in total. The van der Waals surface area contributed by atoms with Gasteiger partial charge in [0.15, 0.2) is 0 Å². The van der Waals surface area contributed by atoms with Crippen LogP contribution in [0.25, 0.3) is 5.69 Å². The predicted octanol–water partition coefficient (Wildman–Crippen LogP) is 4.39. The first kappa shape index (κ1) is 16.6. The van der Waals surface area contributed by atoms with Crippen molar-refractivity contribution >= 4 is 11.6 Å². The number of nitrogens with zero attached hydrogens (tertiary/aromatic N) is 3. The van der Waals surface area contributed by atoms with Crippen LogP contribution in [-0.2, 0) is 6.42 Å². The van der Waals surface area contributed by atoms with Gasteiger partial charge in [-0.15, -0.1) is 0 Å². The summed E-state index contributed by atoms with van der Waals surface area (Å²) in [5.41, 5.74) is 7.32. The average molecular weight is 345 g/mol. The maximum absolute atomic E-state index is 13.1. The molecule has 0 radical (unpaired) electrons. The molecular weight excluding hydrogens is 322 g/mol. The van der Waals surface area contributed by atoms with E-state index in [0.29, 0.717) is 5.56 Å². The van der Waals surface area contributed by atoms with Crippen LogP contribution in [0, 0.1) is 20.8 Å². The molecule has 2 aromatic carbocycles. The van der Waals surface area contributed by atoms with E-state index in [1.165, 1.54) is 11.1 Å². The summed E-state index contributed by atoms with van der Waals surface area (Å²) >= 11 is 0. The fraction of sp³-hybridized carbons (Fsp3) is 0.273. The van der Waals surface area contributed by atoms with E-state index in [9.17, 15) is 4.79 Å². The third-order valence-corrected chi connectivity index (χ3v) is 4.97. The molecule has 0 spiro atoms. The zero-order chi connectivity index (χ0) is 18.3. The van der Waals surface area contributed by atoms with Crippen molar-refractivity contribution in [3.05, 3.63) is 76.6 Å². The number of rotatable bonds is 2. The Morgan fingerprint density at radius 2 is 1.77 bits per heavy atom. The molecule has 26 heavy (non-hydrogen) atoms. The lowest BCUT2D eigenvalue weighted by Gasteiger charge is -2.30. The number of hydrogen-bond acceptors (Lipinski definition) is 2. The van der Waals surface area contributed by atoms with Gasteiger partial charge in [-0.3, -0.25) is 4.79 Å². The van der Waals surface area contributed by atoms with E-state index >= 15 is 0 Å². The lowest BCUT2D eigenvalue weighted by molar-refractivity contribution is 0.0985. The second kappa shape index (κ2) is 6.45. The lowest BCUT2D eigenvalue weighted by atomic mass is 9.99. The Kier molecular flexibility index (Phi) is 4.11. The van der Waals surface area contributed by atoms with Crippen LogP contribution in [0.2, 0.25) is 0 Å². The quantitative estimate of drug-likeness (QED) is 0.691. The number of aromatic nitrogens is 2. The van der Waals surface area contributed by atoms with Crippen molar-refractivity contribution in [3.8, 4) is 5.69 Å². The zero-order valence-electron chi connectivity index (χ0n) is 15.5. The van der Waals surface area contributed by atoms with Crippen molar-refractivity contribution in [1.29, 1.82) is 0 Å². The van der Waals surface area contributed by atoms with E-state index in [2.05, 4.69) is 30.2 Å². The third-order valence-electron chi connectivity index (χ3n) is 4.97. The van der Waals surface area contributed by atoms with E-state index in [1.54, 1.807) is 0 Å². The Hall–Kier alpha value is -2.88. The minimum absolute atomic E-state index is 0.0646. The number of hydrogen-bond donors (Lipinski definition) is 0. The van der Waals surface area contributed by atoms with E-state index in [4.69, 9.17) is 0 Å². The Labute approximate surface area is 154 Å². The Balaban J connectivity index is 1.63. The molecule has 0 bridgehead atoms. The molecule has 4 heteroatoms. The summed E-state index contributed by atoms with van der Waals surface area (Å²) in [6.45, 7) is 6.88. The minimum atomic E-state index is 0.0646. The Morgan fingerprint density at radius 1 is 1.00 bits per heavy atom. The molecule has 0 atom stereocenters. The first-order valence-electron chi connectivity index (χ1n) is 9.08. The molecule has 1 aliphatic rings. The van der Waals surface area contributed by atoms with Gasteiger partial charge in [-0.1, -0.05) is 17.7 Å². The molecule has 0 unspecified atom stereocenters. The lowest BCUT2D eigenvalue weighted by Crippen LogP contribution is -2.35. The normalized spacial score (nSPS) is 13.6. The van der Waals surface area contributed by atoms with Gasteiger partial charge in [0.1, 0.15) is 0 Å². The molecule has 1 aromatic heterocycles. The smallest absolute Gasteiger partial charge is 0.258 e. The fourth-order valence-corrected chi connectivity index (χ4v) is 3.73. The molecular formula is C22H23N3O. The summed E-state index contributed by atoms with van der Waals surface area (Å²) in [5, 5.41) is 4.50. The second-order valence-corrected chi connectivity index (χ2v) is 7.08. The monoisotopic (exact) mass is 345 g/mol. The van der Waals surface area contributed by atoms with E-state index in [-0.39, 0.29) is 5.91 Å². The number of aryl methyl sites for hydroxylation is 4. The molecule has 1 aliphatic heterocycles. The number of carbonyl (C=O) groups is 1. The van der Waals surface area contributed by atoms with Crippen molar-refractivity contribution in [3.63, 3.8) is 0 Å². The van der Waals surface area contributed by atoms with Gasteiger partial charge in [0.05, 0.1) is 11.4 Å². The Morgan fingerprint density at radius 3 is 2.46 bits per heavy atom. The van der Waals surface area contributed by atoms with Gasteiger partial charge in [-0.05, 0) is 75.6 Å². The predicted molar refractivity (Wildman–Crippen MR) is 104 cm³/mol. The molecule has 4 rings (SSSR count). The largest absolute Gasteiger partial charge is 0.308 e. The molecule has 132 valence electrons.